The van der Waals surface area contributed by atoms with Crippen molar-refractivity contribution in [2.45, 2.75) is 257 Å². The van der Waals surface area contributed by atoms with Gasteiger partial charge in [0.1, 0.15) is 0 Å². The van der Waals surface area contributed by atoms with Gasteiger partial charge in [0, 0.05) is 6.42 Å². The van der Waals surface area contributed by atoms with Crippen LogP contribution in [0.5, 0.6) is 0 Å². The summed E-state index contributed by atoms with van der Waals surface area (Å²) < 4.78 is 0. The molecule has 0 spiro atoms. The molecule has 0 heterocycles. The molecule has 0 saturated carbocycles. The summed E-state index contributed by atoms with van der Waals surface area (Å²) in [4.78, 5) is 12.5. The Bertz CT molecular complexity index is 1160. The monoisotopic (exact) mass is 860 g/mol. The van der Waals surface area contributed by atoms with Crippen LogP contribution in [0.3, 0.4) is 0 Å². The lowest BCUT2D eigenvalue weighted by atomic mass is 10.0. The largest absolute Gasteiger partial charge is 0.394 e. The minimum absolute atomic E-state index is 0.0820. The van der Waals surface area contributed by atoms with Crippen LogP contribution < -0.4 is 5.32 Å². The first-order valence-corrected chi connectivity index (χ1v) is 26.5. The van der Waals surface area contributed by atoms with Crippen molar-refractivity contribution < 1.29 is 15.0 Å². The maximum atomic E-state index is 12.5. The highest BCUT2D eigenvalue weighted by Crippen LogP contribution is 2.15. The summed E-state index contributed by atoms with van der Waals surface area (Å²) in [5, 5.41) is 23.1. The molecule has 0 aliphatic rings. The van der Waals surface area contributed by atoms with Crippen molar-refractivity contribution in [3.05, 3.63) is 97.2 Å². The number of carbonyl (C=O) groups is 1. The van der Waals surface area contributed by atoms with Crippen molar-refractivity contribution in [2.24, 2.45) is 0 Å². The van der Waals surface area contributed by atoms with E-state index in [1.165, 1.54) is 154 Å². The summed E-state index contributed by atoms with van der Waals surface area (Å²) in [6, 6.07) is -0.652. The second-order valence-corrected chi connectivity index (χ2v) is 17.5. The molecule has 0 rings (SSSR count). The average Bonchev–Trinajstić information content (AvgIpc) is 3.28. The molecule has 4 nitrogen and oxygen atoms in total. The first-order chi connectivity index (χ1) is 30.7. The molecule has 62 heavy (non-hydrogen) atoms. The topological polar surface area (TPSA) is 69.6 Å². The van der Waals surface area contributed by atoms with Gasteiger partial charge in [0.15, 0.2) is 0 Å². The van der Waals surface area contributed by atoms with Gasteiger partial charge in [0.25, 0.3) is 0 Å². The molecule has 356 valence electrons. The quantitative estimate of drug-likeness (QED) is 0.0422. The molecular formula is C58H101NO3. The number of hydrogen-bond donors (Lipinski definition) is 3. The third kappa shape index (κ3) is 48.3. The highest BCUT2D eigenvalue weighted by atomic mass is 16.3. The normalized spacial score (nSPS) is 13.7. The molecule has 2 atom stereocenters. The zero-order valence-corrected chi connectivity index (χ0v) is 40.9. The molecule has 0 aromatic carbocycles. The van der Waals surface area contributed by atoms with Crippen LogP contribution in [-0.4, -0.2) is 34.9 Å². The fourth-order valence-electron chi connectivity index (χ4n) is 7.53. The maximum absolute atomic E-state index is 12.5. The zero-order chi connectivity index (χ0) is 44.9. The van der Waals surface area contributed by atoms with Crippen molar-refractivity contribution in [1.29, 1.82) is 0 Å². The van der Waals surface area contributed by atoms with Crippen LogP contribution in [0, 0.1) is 0 Å². The second kappa shape index (κ2) is 52.7. The Hall–Kier alpha value is -2.69. The molecule has 0 radical (unpaired) electrons. The Kier molecular flexibility index (Phi) is 50.4. The number of aliphatic hydroxyl groups excluding tert-OH is 2. The SMILES string of the molecule is CC/C=C\C/C=C\C/C=C\C/C=C\C/C=C\CCCCCCCCCCCCCCCC(=O)NC(CO)C(O)/C=C/CC/C=C/CC/C=C/CCCCCCCCCCCCC. The Morgan fingerprint density at radius 1 is 0.403 bits per heavy atom. The molecule has 0 saturated heterocycles. The van der Waals surface area contributed by atoms with E-state index < -0.39 is 12.1 Å². The number of hydrogen-bond acceptors (Lipinski definition) is 3. The van der Waals surface area contributed by atoms with Gasteiger partial charge in [0.2, 0.25) is 5.91 Å². The molecular weight excluding hydrogens is 759 g/mol. The van der Waals surface area contributed by atoms with Gasteiger partial charge in [-0.2, -0.15) is 0 Å². The first-order valence-electron chi connectivity index (χ1n) is 26.5. The summed E-state index contributed by atoms with van der Waals surface area (Å²) in [6.07, 6.45) is 78.3. The van der Waals surface area contributed by atoms with E-state index in [1.54, 1.807) is 6.08 Å². The first kappa shape index (κ1) is 59.3. The van der Waals surface area contributed by atoms with Gasteiger partial charge < -0.3 is 15.5 Å². The number of carbonyl (C=O) groups excluding carboxylic acids is 1. The van der Waals surface area contributed by atoms with Gasteiger partial charge in [-0.05, 0) is 89.9 Å². The summed E-state index contributed by atoms with van der Waals surface area (Å²) >= 11 is 0. The van der Waals surface area contributed by atoms with Crippen molar-refractivity contribution in [2.75, 3.05) is 6.61 Å². The average molecular weight is 860 g/mol. The van der Waals surface area contributed by atoms with Crippen LogP contribution in [-0.2, 0) is 4.79 Å². The number of amides is 1. The summed E-state index contributed by atoms with van der Waals surface area (Å²) in [5.74, 6) is -0.0820. The van der Waals surface area contributed by atoms with Crippen LogP contribution in [0.1, 0.15) is 245 Å². The van der Waals surface area contributed by atoms with Crippen LogP contribution in [0.4, 0.5) is 0 Å². The smallest absolute Gasteiger partial charge is 0.220 e. The molecule has 0 bridgehead atoms. The Morgan fingerprint density at radius 2 is 0.726 bits per heavy atom. The number of allylic oxidation sites excluding steroid dienone is 15. The highest BCUT2D eigenvalue weighted by Gasteiger charge is 2.17. The van der Waals surface area contributed by atoms with Gasteiger partial charge in [-0.25, -0.2) is 0 Å². The Labute approximate surface area is 385 Å². The van der Waals surface area contributed by atoms with Gasteiger partial charge >= 0.3 is 0 Å². The molecule has 3 N–H and O–H groups in total. The predicted octanol–water partition coefficient (Wildman–Crippen LogP) is 17.4. The van der Waals surface area contributed by atoms with E-state index in [0.29, 0.717) is 6.42 Å². The summed E-state index contributed by atoms with van der Waals surface area (Å²) in [7, 11) is 0. The summed E-state index contributed by atoms with van der Waals surface area (Å²) in [5.41, 5.74) is 0. The van der Waals surface area contributed by atoms with Gasteiger partial charge in [-0.1, -0.05) is 246 Å². The molecule has 0 aliphatic carbocycles. The van der Waals surface area contributed by atoms with Gasteiger partial charge in [-0.3, -0.25) is 4.79 Å². The van der Waals surface area contributed by atoms with Crippen molar-refractivity contribution in [1.82, 2.24) is 5.32 Å². The molecule has 2 unspecified atom stereocenters. The van der Waals surface area contributed by atoms with Crippen molar-refractivity contribution >= 4 is 5.91 Å². The third-order valence-corrected chi connectivity index (χ3v) is 11.5. The number of aliphatic hydroxyl groups is 2. The van der Waals surface area contributed by atoms with E-state index in [9.17, 15) is 15.0 Å². The maximum Gasteiger partial charge on any atom is 0.220 e. The number of nitrogens with one attached hydrogen (secondary N) is 1. The minimum Gasteiger partial charge on any atom is -0.394 e. The predicted molar refractivity (Wildman–Crippen MR) is 276 cm³/mol. The fourth-order valence-corrected chi connectivity index (χ4v) is 7.53. The zero-order valence-electron chi connectivity index (χ0n) is 40.9. The van der Waals surface area contributed by atoms with E-state index in [4.69, 9.17) is 0 Å². The molecule has 0 fully saturated rings. The van der Waals surface area contributed by atoms with Crippen LogP contribution in [0.2, 0.25) is 0 Å². The van der Waals surface area contributed by atoms with E-state index in [0.717, 1.165) is 70.6 Å². The van der Waals surface area contributed by atoms with Crippen LogP contribution in [0.15, 0.2) is 97.2 Å². The van der Waals surface area contributed by atoms with Crippen LogP contribution >= 0.6 is 0 Å². The molecule has 4 heteroatoms. The number of unbranched alkanes of at least 4 members (excludes halogenated alkanes) is 26. The van der Waals surface area contributed by atoms with Gasteiger partial charge in [0.05, 0.1) is 18.8 Å². The molecule has 0 aliphatic heterocycles. The standard InChI is InChI=1S/C58H101NO3/c1-3-5-7-9-11-13-15-17-19-21-23-25-26-27-28-29-30-31-32-34-36-38-40-42-44-46-48-50-52-54-58(62)59-56(55-60)57(61)53-51-49-47-45-43-41-39-37-35-33-24-22-20-18-16-14-12-10-8-6-4-2/h5,7,11,13,17,19,23,25,27-28,35,37,43,45,51,53,56-57,60-61H,3-4,6,8-10,12,14-16,18,20-22,24,26,29-34,36,38-42,44,46-50,52,54-55H2,1-2H3,(H,59,62)/b7-5-,13-11-,19-17-,25-23-,28-27-,37-35+,45-43+,53-51+. The van der Waals surface area contributed by atoms with E-state index in [2.05, 4.69) is 104 Å². The lowest BCUT2D eigenvalue weighted by Gasteiger charge is -2.19. The fraction of sp³-hybridized carbons (Fsp3) is 0.707. The minimum atomic E-state index is -0.876. The van der Waals surface area contributed by atoms with E-state index in [-0.39, 0.29) is 12.5 Å². The molecule has 0 aromatic rings. The highest BCUT2D eigenvalue weighted by molar-refractivity contribution is 5.76. The van der Waals surface area contributed by atoms with E-state index in [1.807, 2.05) is 6.08 Å². The lowest BCUT2D eigenvalue weighted by Crippen LogP contribution is -2.45. The second-order valence-electron chi connectivity index (χ2n) is 17.5. The van der Waals surface area contributed by atoms with Crippen LogP contribution in [0.25, 0.3) is 0 Å². The third-order valence-electron chi connectivity index (χ3n) is 11.5. The Balaban J connectivity index is 3.60. The number of rotatable bonds is 47. The van der Waals surface area contributed by atoms with Crippen molar-refractivity contribution in [3.8, 4) is 0 Å². The van der Waals surface area contributed by atoms with Gasteiger partial charge in [-0.15, -0.1) is 0 Å². The van der Waals surface area contributed by atoms with E-state index >= 15 is 0 Å². The summed E-state index contributed by atoms with van der Waals surface area (Å²) in [6.45, 7) is 4.18. The lowest BCUT2D eigenvalue weighted by molar-refractivity contribution is -0.123. The molecule has 0 aromatic heterocycles. The molecule has 1 amide bonds. The van der Waals surface area contributed by atoms with Crippen molar-refractivity contribution in [3.63, 3.8) is 0 Å². The Morgan fingerprint density at radius 3 is 1.13 bits per heavy atom.